The van der Waals surface area contributed by atoms with E-state index < -0.39 is 0 Å². The summed E-state index contributed by atoms with van der Waals surface area (Å²) < 4.78 is 21.7. The molecule has 10 heteroatoms. The van der Waals surface area contributed by atoms with Crippen molar-refractivity contribution in [3.63, 3.8) is 0 Å². The van der Waals surface area contributed by atoms with Gasteiger partial charge in [0, 0.05) is 24.4 Å². The van der Waals surface area contributed by atoms with Gasteiger partial charge in [-0.3, -0.25) is 9.59 Å². The highest BCUT2D eigenvalue weighted by Gasteiger charge is 2.38. The van der Waals surface area contributed by atoms with Gasteiger partial charge < -0.3 is 28.7 Å². The fraction of sp³-hybridized carbons (Fsp3) is 0.542. The molecule has 0 unspecified atom stereocenters. The molecule has 2 amide bonds. The van der Waals surface area contributed by atoms with E-state index in [1.807, 2.05) is 24.1 Å². The van der Waals surface area contributed by atoms with Crippen LogP contribution in [0.25, 0.3) is 0 Å². The quantitative estimate of drug-likeness (QED) is 0.614. The zero-order valence-electron chi connectivity index (χ0n) is 20.3. The normalized spacial score (nSPS) is 18.1. The minimum Gasteiger partial charge on any atom is -0.493 e. The first-order valence-electron chi connectivity index (χ1n) is 11.2. The highest BCUT2D eigenvalue weighted by Crippen LogP contribution is 2.41. The third-order valence-electron chi connectivity index (χ3n) is 6.46. The number of hydrogen-bond donors (Lipinski definition) is 0. The number of rotatable bonds is 6. The van der Waals surface area contributed by atoms with Gasteiger partial charge in [0.05, 0.1) is 44.0 Å². The first kappa shape index (κ1) is 24.3. The molecule has 34 heavy (non-hydrogen) atoms. The number of ether oxygens (including phenoxy) is 4. The van der Waals surface area contributed by atoms with Crippen molar-refractivity contribution < 1.29 is 28.5 Å². The Balaban J connectivity index is 1.42. The van der Waals surface area contributed by atoms with Gasteiger partial charge in [-0.1, -0.05) is 0 Å². The highest BCUT2D eigenvalue weighted by atomic mass is 32.1. The van der Waals surface area contributed by atoms with Crippen LogP contribution in [-0.4, -0.2) is 79.9 Å². The Labute approximate surface area is 203 Å². The molecule has 2 aliphatic rings. The molecule has 4 rings (SSSR count). The van der Waals surface area contributed by atoms with Crippen LogP contribution in [0.2, 0.25) is 0 Å². The summed E-state index contributed by atoms with van der Waals surface area (Å²) in [6, 6.07) is 3.42. The molecule has 1 aromatic heterocycles. The van der Waals surface area contributed by atoms with Crippen LogP contribution in [-0.2, 0) is 4.74 Å². The molecule has 0 atom stereocenters. The Morgan fingerprint density at radius 3 is 2.35 bits per heavy atom. The van der Waals surface area contributed by atoms with Crippen molar-refractivity contribution in [2.75, 3.05) is 47.8 Å². The molecule has 184 valence electrons. The fourth-order valence-electron chi connectivity index (χ4n) is 4.45. The smallest absolute Gasteiger partial charge is 0.275 e. The largest absolute Gasteiger partial charge is 0.493 e. The minimum atomic E-state index is -0.336. The van der Waals surface area contributed by atoms with E-state index in [0.29, 0.717) is 54.9 Å². The van der Waals surface area contributed by atoms with E-state index in [-0.39, 0.29) is 23.3 Å². The van der Waals surface area contributed by atoms with Gasteiger partial charge in [-0.25, -0.2) is 4.98 Å². The van der Waals surface area contributed by atoms with E-state index in [1.165, 1.54) is 25.6 Å². The number of piperidine rings is 1. The SMILES string of the molecule is COc1ccc(C(=O)N2CCC(c3nc(C(=O)N4COCC4(C)C)cs3)CC2)c(OC)c1OC. The summed E-state index contributed by atoms with van der Waals surface area (Å²) in [6.07, 6.45) is 1.56. The summed E-state index contributed by atoms with van der Waals surface area (Å²) in [6.45, 7) is 5.98. The Kier molecular flexibility index (Phi) is 6.99. The molecule has 2 fully saturated rings. The van der Waals surface area contributed by atoms with E-state index >= 15 is 0 Å². The number of hydrogen-bond acceptors (Lipinski definition) is 8. The average molecular weight is 490 g/mol. The average Bonchev–Trinajstić information content (AvgIpc) is 3.48. The maximum atomic E-state index is 13.3. The molecule has 0 radical (unpaired) electrons. The predicted molar refractivity (Wildman–Crippen MR) is 127 cm³/mol. The van der Waals surface area contributed by atoms with Crippen molar-refractivity contribution in [3.05, 3.63) is 33.8 Å². The second-order valence-electron chi connectivity index (χ2n) is 9.04. The molecule has 0 saturated carbocycles. The molecule has 2 saturated heterocycles. The third-order valence-corrected chi connectivity index (χ3v) is 7.47. The fourth-order valence-corrected chi connectivity index (χ4v) is 5.42. The predicted octanol–water partition coefficient (Wildman–Crippen LogP) is 3.40. The molecular weight excluding hydrogens is 458 g/mol. The number of methoxy groups -OCH3 is 3. The van der Waals surface area contributed by atoms with E-state index in [0.717, 1.165) is 17.8 Å². The van der Waals surface area contributed by atoms with Gasteiger partial charge in [0.25, 0.3) is 11.8 Å². The zero-order valence-corrected chi connectivity index (χ0v) is 21.1. The molecule has 0 N–H and O–H groups in total. The van der Waals surface area contributed by atoms with E-state index in [9.17, 15) is 9.59 Å². The Morgan fingerprint density at radius 2 is 1.76 bits per heavy atom. The van der Waals surface area contributed by atoms with Crippen LogP contribution in [0.1, 0.15) is 58.5 Å². The summed E-state index contributed by atoms with van der Waals surface area (Å²) in [7, 11) is 4.57. The van der Waals surface area contributed by atoms with Gasteiger partial charge in [0.1, 0.15) is 12.4 Å². The number of amides is 2. The second-order valence-corrected chi connectivity index (χ2v) is 9.93. The van der Waals surface area contributed by atoms with Gasteiger partial charge in [-0.2, -0.15) is 0 Å². The van der Waals surface area contributed by atoms with Gasteiger partial charge in [0.2, 0.25) is 5.75 Å². The molecular formula is C24H31N3O6S. The number of nitrogens with zero attached hydrogens (tertiary/aromatic N) is 3. The van der Waals surface area contributed by atoms with Crippen LogP contribution in [0.15, 0.2) is 17.5 Å². The standard InChI is InChI=1S/C24H31N3O6S/c1-24(2)13-33-14-27(24)23(29)17-12-34-21(25-17)15-8-10-26(11-9-15)22(28)16-6-7-18(30-3)20(32-5)19(16)31-4/h6-7,12,15H,8-11,13-14H2,1-5H3. The summed E-state index contributed by atoms with van der Waals surface area (Å²) in [5.41, 5.74) is 0.570. The van der Waals surface area contributed by atoms with Gasteiger partial charge in [-0.05, 0) is 38.8 Å². The zero-order chi connectivity index (χ0) is 24.5. The molecule has 3 heterocycles. The van der Waals surface area contributed by atoms with Crippen molar-refractivity contribution in [1.29, 1.82) is 0 Å². The molecule has 9 nitrogen and oxygen atoms in total. The van der Waals surface area contributed by atoms with Crippen LogP contribution in [0.3, 0.4) is 0 Å². The van der Waals surface area contributed by atoms with Crippen LogP contribution >= 0.6 is 11.3 Å². The molecule has 0 spiro atoms. The van der Waals surface area contributed by atoms with Gasteiger partial charge >= 0.3 is 0 Å². The molecule has 2 aliphatic heterocycles. The maximum Gasteiger partial charge on any atom is 0.275 e. The number of benzene rings is 1. The topological polar surface area (TPSA) is 90.4 Å². The van der Waals surface area contributed by atoms with Crippen LogP contribution in [0.5, 0.6) is 17.2 Å². The van der Waals surface area contributed by atoms with Gasteiger partial charge in [0.15, 0.2) is 11.5 Å². The number of aromatic nitrogens is 1. The summed E-state index contributed by atoms with van der Waals surface area (Å²) in [5.74, 6) is 1.28. The van der Waals surface area contributed by atoms with E-state index in [2.05, 4.69) is 4.98 Å². The summed E-state index contributed by atoms with van der Waals surface area (Å²) in [4.78, 5) is 34.4. The van der Waals surface area contributed by atoms with Crippen molar-refractivity contribution in [1.82, 2.24) is 14.8 Å². The van der Waals surface area contributed by atoms with Crippen LogP contribution in [0.4, 0.5) is 0 Å². The minimum absolute atomic E-state index is 0.0989. The maximum absolute atomic E-state index is 13.3. The van der Waals surface area contributed by atoms with Gasteiger partial charge in [-0.15, -0.1) is 11.3 Å². The van der Waals surface area contributed by atoms with Crippen LogP contribution < -0.4 is 14.2 Å². The Hall–Kier alpha value is -2.85. The first-order valence-corrected chi connectivity index (χ1v) is 12.1. The molecule has 0 aliphatic carbocycles. The first-order chi connectivity index (χ1) is 16.3. The lowest BCUT2D eigenvalue weighted by atomic mass is 9.96. The van der Waals surface area contributed by atoms with Crippen molar-refractivity contribution in [2.45, 2.75) is 38.1 Å². The lowest BCUT2D eigenvalue weighted by Crippen LogP contribution is -2.44. The van der Waals surface area contributed by atoms with Crippen molar-refractivity contribution in [2.24, 2.45) is 0 Å². The lowest BCUT2D eigenvalue weighted by Gasteiger charge is -2.31. The van der Waals surface area contributed by atoms with E-state index in [1.54, 1.807) is 24.1 Å². The number of likely N-dealkylation sites (tertiary alicyclic amines) is 1. The van der Waals surface area contributed by atoms with Crippen molar-refractivity contribution in [3.8, 4) is 17.2 Å². The number of carbonyl (C=O) groups excluding carboxylic acids is 2. The monoisotopic (exact) mass is 489 g/mol. The van der Waals surface area contributed by atoms with Crippen molar-refractivity contribution >= 4 is 23.2 Å². The lowest BCUT2D eigenvalue weighted by molar-refractivity contribution is 0.0600. The molecule has 2 aromatic rings. The summed E-state index contributed by atoms with van der Waals surface area (Å²) >= 11 is 1.51. The third kappa shape index (κ3) is 4.44. The highest BCUT2D eigenvalue weighted by molar-refractivity contribution is 7.09. The Bertz CT molecular complexity index is 1060. The van der Waals surface area contributed by atoms with E-state index in [4.69, 9.17) is 18.9 Å². The number of thiazole rings is 1. The molecule has 0 bridgehead atoms. The Morgan fingerprint density at radius 1 is 1.06 bits per heavy atom. The summed E-state index contributed by atoms with van der Waals surface area (Å²) in [5, 5.41) is 2.77. The second kappa shape index (κ2) is 9.79. The van der Waals surface area contributed by atoms with Crippen LogP contribution in [0, 0.1) is 0 Å². The number of carbonyl (C=O) groups is 2. The molecule has 1 aromatic carbocycles.